The van der Waals surface area contributed by atoms with Gasteiger partial charge in [-0.05, 0) is 30.7 Å². The molecule has 3 aromatic rings. The van der Waals surface area contributed by atoms with Crippen LogP contribution in [0.4, 0.5) is 0 Å². The molecule has 5 nitrogen and oxygen atoms in total. The van der Waals surface area contributed by atoms with Gasteiger partial charge in [-0.25, -0.2) is 4.98 Å². The number of fused-ring (bicyclic) bond motifs is 1. The number of hydrogen-bond donors (Lipinski definition) is 0. The highest BCUT2D eigenvalue weighted by atomic mass is 32.2. The highest BCUT2D eigenvalue weighted by Crippen LogP contribution is 2.27. The molecule has 1 unspecified atom stereocenters. The molecule has 1 amide bonds. The quantitative estimate of drug-likeness (QED) is 0.652. The topological polar surface area (TPSA) is 55.6 Å². The average molecular weight is 368 g/mol. The Labute approximate surface area is 156 Å². The summed E-state index contributed by atoms with van der Waals surface area (Å²) in [6.45, 7) is 3.85. The zero-order valence-electron chi connectivity index (χ0n) is 14.6. The Morgan fingerprint density at radius 1 is 1.23 bits per heavy atom. The van der Waals surface area contributed by atoms with Gasteiger partial charge in [0.1, 0.15) is 5.52 Å². The Kier molecular flexibility index (Phi) is 4.95. The SMILES string of the molecule is CC1CN(C(=O)c2ccccc2CSc2nc3ccccc3o2)CCO1. The van der Waals surface area contributed by atoms with Crippen molar-refractivity contribution >= 4 is 28.8 Å². The first-order valence-corrected chi connectivity index (χ1v) is 9.66. The molecule has 1 saturated heterocycles. The molecule has 0 N–H and O–H groups in total. The number of carbonyl (C=O) groups is 1. The number of rotatable bonds is 4. The van der Waals surface area contributed by atoms with Gasteiger partial charge in [-0.1, -0.05) is 42.1 Å². The first-order chi connectivity index (χ1) is 12.7. The number of nitrogens with zero attached hydrogens (tertiary/aromatic N) is 2. The summed E-state index contributed by atoms with van der Waals surface area (Å²) >= 11 is 1.50. The van der Waals surface area contributed by atoms with Crippen LogP contribution in [0.3, 0.4) is 0 Å². The molecule has 26 heavy (non-hydrogen) atoms. The normalized spacial score (nSPS) is 17.6. The van der Waals surface area contributed by atoms with Crippen LogP contribution in [0, 0.1) is 0 Å². The summed E-state index contributed by atoms with van der Waals surface area (Å²) in [4.78, 5) is 19.3. The van der Waals surface area contributed by atoms with Crippen LogP contribution in [0.1, 0.15) is 22.8 Å². The van der Waals surface area contributed by atoms with E-state index < -0.39 is 0 Å². The molecule has 0 aliphatic carbocycles. The number of carbonyl (C=O) groups excluding carboxylic acids is 1. The van der Waals surface area contributed by atoms with Gasteiger partial charge in [-0.15, -0.1) is 0 Å². The molecule has 6 heteroatoms. The van der Waals surface area contributed by atoms with Crippen LogP contribution in [0.5, 0.6) is 0 Å². The highest BCUT2D eigenvalue weighted by Gasteiger charge is 2.24. The third kappa shape index (κ3) is 3.61. The van der Waals surface area contributed by atoms with Crippen molar-refractivity contribution in [3.63, 3.8) is 0 Å². The molecule has 0 saturated carbocycles. The Morgan fingerprint density at radius 2 is 2.04 bits per heavy atom. The van der Waals surface area contributed by atoms with Crippen LogP contribution in [0.25, 0.3) is 11.1 Å². The van der Waals surface area contributed by atoms with Crippen molar-refractivity contribution < 1.29 is 13.9 Å². The summed E-state index contributed by atoms with van der Waals surface area (Å²) in [5.74, 6) is 0.697. The fraction of sp³-hybridized carbons (Fsp3) is 0.300. The molecule has 0 bridgehead atoms. The Bertz CT molecular complexity index is 891. The summed E-state index contributed by atoms with van der Waals surface area (Å²) in [7, 11) is 0. The fourth-order valence-corrected chi connectivity index (χ4v) is 3.92. The first kappa shape index (κ1) is 17.1. The van der Waals surface area contributed by atoms with Crippen molar-refractivity contribution in [2.45, 2.75) is 24.0 Å². The van der Waals surface area contributed by atoms with Gasteiger partial charge >= 0.3 is 0 Å². The summed E-state index contributed by atoms with van der Waals surface area (Å²) in [6.07, 6.45) is 0.0778. The van der Waals surface area contributed by atoms with Gasteiger partial charge in [0.05, 0.1) is 12.7 Å². The molecule has 1 aliphatic rings. The smallest absolute Gasteiger partial charge is 0.257 e. The third-order valence-electron chi connectivity index (χ3n) is 4.40. The van der Waals surface area contributed by atoms with E-state index in [0.29, 0.717) is 30.7 Å². The van der Waals surface area contributed by atoms with E-state index in [2.05, 4.69) is 4.98 Å². The molecule has 0 spiro atoms. The minimum atomic E-state index is 0.0638. The van der Waals surface area contributed by atoms with Gasteiger partial charge in [0.15, 0.2) is 5.58 Å². The van der Waals surface area contributed by atoms with Crippen molar-refractivity contribution in [1.82, 2.24) is 9.88 Å². The second-order valence-corrected chi connectivity index (χ2v) is 7.25. The molecular formula is C20H20N2O3S. The largest absolute Gasteiger partial charge is 0.431 e. The summed E-state index contributed by atoms with van der Waals surface area (Å²) < 4.78 is 11.3. The highest BCUT2D eigenvalue weighted by molar-refractivity contribution is 7.98. The van der Waals surface area contributed by atoms with Crippen molar-refractivity contribution in [2.75, 3.05) is 19.7 Å². The Morgan fingerprint density at radius 3 is 2.88 bits per heavy atom. The van der Waals surface area contributed by atoms with Crippen LogP contribution in [-0.4, -0.2) is 41.6 Å². The van der Waals surface area contributed by atoms with Crippen LogP contribution >= 0.6 is 11.8 Å². The number of aromatic nitrogens is 1. The van der Waals surface area contributed by atoms with Crippen molar-refractivity contribution in [3.05, 3.63) is 59.7 Å². The van der Waals surface area contributed by atoms with Gasteiger partial charge in [-0.3, -0.25) is 4.79 Å². The van der Waals surface area contributed by atoms with E-state index in [-0.39, 0.29) is 12.0 Å². The molecule has 2 heterocycles. The van der Waals surface area contributed by atoms with E-state index >= 15 is 0 Å². The Hall–Kier alpha value is -2.31. The first-order valence-electron chi connectivity index (χ1n) is 8.68. The molecule has 0 radical (unpaired) electrons. The summed E-state index contributed by atoms with van der Waals surface area (Å²) in [5.41, 5.74) is 3.36. The minimum absolute atomic E-state index is 0.0638. The van der Waals surface area contributed by atoms with Gasteiger partial charge < -0.3 is 14.1 Å². The van der Waals surface area contributed by atoms with Crippen LogP contribution in [0.2, 0.25) is 0 Å². The van der Waals surface area contributed by atoms with Gasteiger partial charge in [-0.2, -0.15) is 0 Å². The molecular weight excluding hydrogens is 348 g/mol. The average Bonchev–Trinajstić information content (AvgIpc) is 3.09. The predicted molar refractivity (Wildman–Crippen MR) is 101 cm³/mol. The van der Waals surface area contributed by atoms with E-state index in [1.807, 2.05) is 60.4 Å². The maximum absolute atomic E-state index is 12.9. The lowest BCUT2D eigenvalue weighted by molar-refractivity contribution is -0.0124. The van der Waals surface area contributed by atoms with E-state index in [4.69, 9.17) is 9.15 Å². The lowest BCUT2D eigenvalue weighted by Gasteiger charge is -2.31. The van der Waals surface area contributed by atoms with Crippen molar-refractivity contribution in [3.8, 4) is 0 Å². The number of para-hydroxylation sites is 2. The lowest BCUT2D eigenvalue weighted by atomic mass is 10.1. The van der Waals surface area contributed by atoms with E-state index in [0.717, 1.165) is 22.2 Å². The molecule has 1 atom stereocenters. The second-order valence-electron chi connectivity index (χ2n) is 6.33. The van der Waals surface area contributed by atoms with Crippen LogP contribution < -0.4 is 0 Å². The number of morpholine rings is 1. The summed E-state index contributed by atoms with van der Waals surface area (Å²) in [5, 5.41) is 0.619. The lowest BCUT2D eigenvalue weighted by Crippen LogP contribution is -2.44. The molecule has 2 aromatic carbocycles. The van der Waals surface area contributed by atoms with Gasteiger partial charge in [0, 0.05) is 24.4 Å². The van der Waals surface area contributed by atoms with E-state index in [1.165, 1.54) is 11.8 Å². The Balaban J connectivity index is 1.51. The van der Waals surface area contributed by atoms with Crippen molar-refractivity contribution in [1.29, 1.82) is 0 Å². The molecule has 134 valence electrons. The zero-order valence-corrected chi connectivity index (χ0v) is 15.4. The van der Waals surface area contributed by atoms with Gasteiger partial charge in [0.2, 0.25) is 0 Å². The standard InChI is InChI=1S/C20H20N2O3S/c1-14-12-22(10-11-24-14)19(23)16-7-3-2-6-15(16)13-26-20-21-17-8-4-5-9-18(17)25-20/h2-9,14H,10-13H2,1H3. The number of benzene rings is 2. The number of ether oxygens (including phenoxy) is 1. The zero-order chi connectivity index (χ0) is 17.9. The number of amides is 1. The molecule has 1 aliphatic heterocycles. The van der Waals surface area contributed by atoms with Crippen LogP contribution in [-0.2, 0) is 10.5 Å². The number of oxazole rings is 1. The summed E-state index contributed by atoms with van der Waals surface area (Å²) in [6, 6.07) is 15.5. The molecule has 1 fully saturated rings. The third-order valence-corrected chi connectivity index (χ3v) is 5.28. The maximum Gasteiger partial charge on any atom is 0.257 e. The van der Waals surface area contributed by atoms with E-state index in [9.17, 15) is 4.79 Å². The predicted octanol–water partition coefficient (Wildman–Crippen LogP) is 3.98. The van der Waals surface area contributed by atoms with E-state index in [1.54, 1.807) is 0 Å². The van der Waals surface area contributed by atoms with Crippen LogP contribution in [0.15, 0.2) is 58.2 Å². The second kappa shape index (κ2) is 7.51. The molecule has 4 rings (SSSR count). The minimum Gasteiger partial charge on any atom is -0.431 e. The van der Waals surface area contributed by atoms with Gasteiger partial charge in [0.25, 0.3) is 11.1 Å². The monoisotopic (exact) mass is 368 g/mol. The molecule has 1 aromatic heterocycles. The number of thioether (sulfide) groups is 1. The van der Waals surface area contributed by atoms with Crippen molar-refractivity contribution in [2.24, 2.45) is 0 Å². The fourth-order valence-electron chi connectivity index (χ4n) is 3.08. The maximum atomic E-state index is 12.9. The number of hydrogen-bond acceptors (Lipinski definition) is 5.